The predicted octanol–water partition coefficient (Wildman–Crippen LogP) is 2.60. The van der Waals surface area contributed by atoms with Gasteiger partial charge >= 0.3 is 0 Å². The first kappa shape index (κ1) is 14.3. The number of nitriles is 1. The van der Waals surface area contributed by atoms with Gasteiger partial charge in [0.15, 0.2) is 0 Å². The lowest BCUT2D eigenvalue weighted by molar-refractivity contribution is 0.601. The van der Waals surface area contributed by atoms with Crippen molar-refractivity contribution in [1.29, 1.82) is 5.26 Å². The van der Waals surface area contributed by atoms with Gasteiger partial charge in [0, 0.05) is 0 Å². The van der Waals surface area contributed by atoms with Crippen molar-refractivity contribution in [1.82, 2.24) is 4.98 Å². The molecule has 1 aromatic carbocycles. The molecule has 0 amide bonds. The maximum atomic E-state index is 12.1. The van der Waals surface area contributed by atoms with Crippen LogP contribution in [0.2, 0.25) is 5.15 Å². The molecule has 0 bridgehead atoms. The van der Waals surface area contributed by atoms with E-state index in [9.17, 15) is 8.42 Å². The molecule has 0 aliphatic rings. The lowest BCUT2D eigenvalue weighted by atomic mass is 10.2. The van der Waals surface area contributed by atoms with Crippen LogP contribution < -0.4 is 4.72 Å². The number of pyridine rings is 1. The molecule has 0 radical (unpaired) electrons. The molecule has 20 heavy (non-hydrogen) atoms. The summed E-state index contributed by atoms with van der Waals surface area (Å²) in [4.78, 5) is 3.96. The van der Waals surface area contributed by atoms with Crippen LogP contribution in [-0.4, -0.2) is 13.4 Å². The topological polar surface area (TPSA) is 82.8 Å². The first-order valence-electron chi connectivity index (χ1n) is 5.62. The van der Waals surface area contributed by atoms with Gasteiger partial charge in [-0.1, -0.05) is 29.8 Å². The summed E-state index contributed by atoms with van der Waals surface area (Å²) < 4.78 is 26.6. The van der Waals surface area contributed by atoms with Crippen molar-refractivity contribution in [3.05, 3.63) is 53.2 Å². The fourth-order valence-electron chi connectivity index (χ4n) is 1.54. The highest BCUT2D eigenvalue weighted by Gasteiger charge is 2.14. The maximum absolute atomic E-state index is 12.1. The second-order valence-corrected chi connectivity index (χ2v) is 6.00. The standard InChI is InChI=1S/C13H10ClN3O2S/c14-12-2-1-3-13(16-12)17-20(18,19)11-6-4-10(5-7-11)8-9-15/h1-7H,8H2,(H,16,17). The van der Waals surface area contributed by atoms with Crippen LogP contribution in [0.3, 0.4) is 0 Å². The molecule has 1 aromatic heterocycles. The van der Waals surface area contributed by atoms with Gasteiger partial charge in [-0.2, -0.15) is 5.26 Å². The fraction of sp³-hybridized carbons (Fsp3) is 0.0769. The van der Waals surface area contributed by atoms with Gasteiger partial charge in [-0.25, -0.2) is 13.4 Å². The number of hydrogen-bond acceptors (Lipinski definition) is 4. The molecule has 0 atom stereocenters. The van der Waals surface area contributed by atoms with Crippen molar-refractivity contribution < 1.29 is 8.42 Å². The largest absolute Gasteiger partial charge is 0.263 e. The summed E-state index contributed by atoms with van der Waals surface area (Å²) in [6.45, 7) is 0. The Balaban J connectivity index is 2.24. The van der Waals surface area contributed by atoms with Crippen LogP contribution in [0.1, 0.15) is 5.56 Å². The van der Waals surface area contributed by atoms with E-state index >= 15 is 0 Å². The minimum Gasteiger partial charge on any atom is -0.263 e. The van der Waals surface area contributed by atoms with Crippen LogP contribution in [0, 0.1) is 11.3 Å². The Kier molecular flexibility index (Phi) is 4.23. The van der Waals surface area contributed by atoms with E-state index in [0.717, 1.165) is 5.56 Å². The summed E-state index contributed by atoms with van der Waals surface area (Å²) >= 11 is 5.70. The average Bonchev–Trinajstić information content (AvgIpc) is 2.39. The Morgan fingerprint density at radius 2 is 1.90 bits per heavy atom. The van der Waals surface area contributed by atoms with Crippen molar-refractivity contribution in [3.63, 3.8) is 0 Å². The van der Waals surface area contributed by atoms with Gasteiger partial charge in [0.1, 0.15) is 11.0 Å². The van der Waals surface area contributed by atoms with Gasteiger partial charge in [-0.05, 0) is 29.8 Å². The minimum absolute atomic E-state index is 0.0981. The predicted molar refractivity (Wildman–Crippen MR) is 75.8 cm³/mol. The van der Waals surface area contributed by atoms with Crippen molar-refractivity contribution in [2.45, 2.75) is 11.3 Å². The second kappa shape index (κ2) is 5.90. The molecule has 1 N–H and O–H groups in total. The highest BCUT2D eigenvalue weighted by molar-refractivity contribution is 7.92. The van der Waals surface area contributed by atoms with E-state index in [-0.39, 0.29) is 22.3 Å². The molecular weight excluding hydrogens is 298 g/mol. The van der Waals surface area contributed by atoms with Crippen LogP contribution in [0.25, 0.3) is 0 Å². The smallest absolute Gasteiger partial charge is 0.263 e. The van der Waals surface area contributed by atoms with E-state index < -0.39 is 10.0 Å². The molecular formula is C13H10ClN3O2S. The highest BCUT2D eigenvalue weighted by atomic mass is 35.5. The molecule has 0 unspecified atom stereocenters. The molecule has 0 aliphatic carbocycles. The first-order valence-corrected chi connectivity index (χ1v) is 7.49. The Hall–Kier alpha value is -2.10. The van der Waals surface area contributed by atoms with Gasteiger partial charge < -0.3 is 0 Å². The maximum Gasteiger partial charge on any atom is 0.263 e. The molecule has 0 saturated heterocycles. The summed E-state index contributed by atoms with van der Waals surface area (Å²) in [5, 5.41) is 8.77. The number of anilines is 1. The summed E-state index contributed by atoms with van der Waals surface area (Å²) in [6.07, 6.45) is 0.240. The molecule has 2 aromatic rings. The van der Waals surface area contributed by atoms with Gasteiger partial charge in [0.25, 0.3) is 10.0 Å². The van der Waals surface area contributed by atoms with Crippen LogP contribution in [0.5, 0.6) is 0 Å². The average molecular weight is 308 g/mol. The number of nitrogens with one attached hydrogen (secondary N) is 1. The summed E-state index contributed by atoms with van der Waals surface area (Å²) in [6, 6.07) is 12.7. The zero-order valence-corrected chi connectivity index (χ0v) is 11.8. The molecule has 5 nitrogen and oxygen atoms in total. The summed E-state index contributed by atoms with van der Waals surface area (Å²) in [5.41, 5.74) is 0.757. The van der Waals surface area contributed by atoms with Crippen LogP contribution in [0.15, 0.2) is 47.4 Å². The molecule has 2 rings (SSSR count). The van der Waals surface area contributed by atoms with Crippen LogP contribution in [0.4, 0.5) is 5.82 Å². The van der Waals surface area contributed by atoms with Crippen molar-refractivity contribution >= 4 is 27.4 Å². The molecule has 0 aliphatic heterocycles. The van der Waals surface area contributed by atoms with Crippen molar-refractivity contribution in [3.8, 4) is 6.07 Å². The number of sulfonamides is 1. The second-order valence-electron chi connectivity index (χ2n) is 3.93. The van der Waals surface area contributed by atoms with E-state index in [2.05, 4.69) is 9.71 Å². The van der Waals surface area contributed by atoms with Crippen molar-refractivity contribution in [2.75, 3.05) is 4.72 Å². The van der Waals surface area contributed by atoms with Crippen molar-refractivity contribution in [2.24, 2.45) is 0 Å². The van der Waals surface area contributed by atoms with Gasteiger partial charge in [0.2, 0.25) is 0 Å². The van der Waals surface area contributed by atoms with Gasteiger partial charge in [-0.3, -0.25) is 4.72 Å². The summed E-state index contributed by atoms with van der Waals surface area (Å²) in [5.74, 6) is 0.151. The zero-order valence-electron chi connectivity index (χ0n) is 10.2. The SMILES string of the molecule is N#CCc1ccc(S(=O)(=O)Nc2cccc(Cl)n2)cc1. The van der Waals surface area contributed by atoms with Gasteiger partial charge in [-0.15, -0.1) is 0 Å². The van der Waals surface area contributed by atoms with Gasteiger partial charge in [0.05, 0.1) is 17.4 Å². The number of rotatable bonds is 4. The third-order valence-corrected chi connectivity index (χ3v) is 4.05. The Bertz CT molecular complexity index is 752. The lowest BCUT2D eigenvalue weighted by Gasteiger charge is -2.07. The molecule has 0 saturated carbocycles. The Labute approximate surface area is 121 Å². The first-order chi connectivity index (χ1) is 9.51. The number of nitrogens with zero attached hydrogens (tertiary/aromatic N) is 2. The number of benzene rings is 1. The lowest BCUT2D eigenvalue weighted by Crippen LogP contribution is -2.13. The molecule has 102 valence electrons. The third-order valence-electron chi connectivity index (χ3n) is 2.47. The zero-order chi connectivity index (χ0) is 14.6. The monoisotopic (exact) mass is 307 g/mol. The Morgan fingerprint density at radius 3 is 2.50 bits per heavy atom. The molecule has 0 spiro atoms. The van der Waals surface area contributed by atoms with Crippen LogP contribution in [-0.2, 0) is 16.4 Å². The van der Waals surface area contributed by atoms with E-state index in [0.29, 0.717) is 0 Å². The van der Waals surface area contributed by atoms with E-state index in [4.69, 9.17) is 16.9 Å². The molecule has 0 fully saturated rings. The fourth-order valence-corrected chi connectivity index (χ4v) is 2.70. The van der Waals surface area contributed by atoms with E-state index in [1.165, 1.54) is 18.2 Å². The number of aromatic nitrogens is 1. The molecule has 1 heterocycles. The Morgan fingerprint density at radius 1 is 1.20 bits per heavy atom. The highest BCUT2D eigenvalue weighted by Crippen LogP contribution is 2.16. The van der Waals surface area contributed by atoms with E-state index in [1.54, 1.807) is 24.3 Å². The normalized spacial score (nSPS) is 10.8. The molecule has 7 heteroatoms. The van der Waals surface area contributed by atoms with E-state index in [1.807, 2.05) is 6.07 Å². The number of halogens is 1. The quantitative estimate of drug-likeness (QED) is 0.880. The van der Waals surface area contributed by atoms with Crippen LogP contribution >= 0.6 is 11.6 Å². The third kappa shape index (κ3) is 3.47. The summed E-state index contributed by atoms with van der Waals surface area (Å²) in [7, 11) is -3.72. The minimum atomic E-state index is -3.72. The number of hydrogen-bond donors (Lipinski definition) is 1.